The lowest BCUT2D eigenvalue weighted by molar-refractivity contribution is 0.0941. The molecule has 0 radical (unpaired) electrons. The molecule has 1 heterocycles. The van der Waals surface area contributed by atoms with Crippen LogP contribution in [0.3, 0.4) is 0 Å². The Kier molecular flexibility index (Phi) is 4.62. The van der Waals surface area contributed by atoms with Crippen LogP contribution in [-0.2, 0) is 0 Å². The Balaban J connectivity index is 1.81. The molecule has 2 atom stereocenters. The number of benzene rings is 1. The second-order valence-corrected chi connectivity index (χ2v) is 6.79. The number of nitrogens with zero attached hydrogens (tertiary/aromatic N) is 1. The van der Waals surface area contributed by atoms with Gasteiger partial charge >= 0.3 is 0 Å². The third kappa shape index (κ3) is 3.88. The SMILES string of the molecule is CC(O)CC(C)CNC(=O)c1cc(C2CC2)nc2ccccc12. The molecule has 4 heteroatoms. The molecule has 3 rings (SSSR count). The van der Waals surface area contributed by atoms with Gasteiger partial charge in [0.25, 0.3) is 5.91 Å². The number of amides is 1. The van der Waals surface area contributed by atoms with E-state index < -0.39 is 0 Å². The number of hydrogen-bond donors (Lipinski definition) is 2. The van der Waals surface area contributed by atoms with Gasteiger partial charge in [0.05, 0.1) is 17.2 Å². The maximum Gasteiger partial charge on any atom is 0.252 e. The fourth-order valence-corrected chi connectivity index (χ4v) is 3.00. The van der Waals surface area contributed by atoms with E-state index in [1.807, 2.05) is 37.3 Å². The van der Waals surface area contributed by atoms with Crippen molar-refractivity contribution in [2.45, 2.75) is 45.1 Å². The van der Waals surface area contributed by atoms with E-state index in [0.717, 1.165) is 29.4 Å². The molecule has 2 unspecified atom stereocenters. The van der Waals surface area contributed by atoms with Crippen LogP contribution in [0.25, 0.3) is 10.9 Å². The van der Waals surface area contributed by atoms with Gasteiger partial charge in [0.15, 0.2) is 0 Å². The summed E-state index contributed by atoms with van der Waals surface area (Å²) in [5, 5.41) is 13.3. The first kappa shape index (κ1) is 15.9. The average Bonchev–Trinajstić information content (AvgIpc) is 3.35. The van der Waals surface area contributed by atoms with Crippen molar-refractivity contribution >= 4 is 16.8 Å². The number of aliphatic hydroxyl groups is 1. The number of aromatic nitrogens is 1. The Bertz CT molecular complexity index is 708. The Labute approximate surface area is 136 Å². The number of nitrogens with one attached hydrogen (secondary N) is 1. The van der Waals surface area contributed by atoms with E-state index in [4.69, 9.17) is 4.98 Å². The van der Waals surface area contributed by atoms with E-state index in [-0.39, 0.29) is 17.9 Å². The van der Waals surface area contributed by atoms with E-state index >= 15 is 0 Å². The van der Waals surface area contributed by atoms with Crippen LogP contribution in [-0.4, -0.2) is 28.6 Å². The lowest BCUT2D eigenvalue weighted by Gasteiger charge is -2.15. The van der Waals surface area contributed by atoms with Crippen molar-refractivity contribution < 1.29 is 9.90 Å². The minimum Gasteiger partial charge on any atom is -0.393 e. The molecular formula is C19H24N2O2. The number of carbonyl (C=O) groups excluding carboxylic acids is 1. The van der Waals surface area contributed by atoms with Crippen LogP contribution in [0, 0.1) is 5.92 Å². The number of fused-ring (bicyclic) bond motifs is 1. The van der Waals surface area contributed by atoms with Crippen LogP contribution >= 0.6 is 0 Å². The second kappa shape index (κ2) is 6.67. The van der Waals surface area contributed by atoms with Crippen LogP contribution < -0.4 is 5.32 Å². The molecule has 4 nitrogen and oxygen atoms in total. The minimum atomic E-state index is -0.342. The summed E-state index contributed by atoms with van der Waals surface area (Å²) in [5.41, 5.74) is 2.63. The highest BCUT2D eigenvalue weighted by molar-refractivity contribution is 6.06. The molecule has 2 aromatic rings. The first-order valence-corrected chi connectivity index (χ1v) is 8.40. The van der Waals surface area contributed by atoms with Gasteiger partial charge in [-0.3, -0.25) is 9.78 Å². The van der Waals surface area contributed by atoms with Gasteiger partial charge in [-0.15, -0.1) is 0 Å². The number of para-hydroxylation sites is 1. The van der Waals surface area contributed by atoms with Crippen molar-refractivity contribution in [1.29, 1.82) is 0 Å². The third-order valence-corrected chi connectivity index (χ3v) is 4.33. The summed E-state index contributed by atoms with van der Waals surface area (Å²) in [6.07, 6.45) is 2.67. The van der Waals surface area contributed by atoms with Crippen LogP contribution in [0.2, 0.25) is 0 Å². The zero-order chi connectivity index (χ0) is 16.4. The molecule has 1 amide bonds. The fourth-order valence-electron chi connectivity index (χ4n) is 3.00. The number of rotatable bonds is 6. The first-order chi connectivity index (χ1) is 11.0. The van der Waals surface area contributed by atoms with E-state index in [0.29, 0.717) is 24.4 Å². The standard InChI is InChI=1S/C19H24N2O2/c1-12(9-13(2)22)11-20-19(23)16-10-18(14-7-8-14)21-17-6-4-3-5-15(16)17/h3-6,10,12-14,22H,7-9,11H2,1-2H3,(H,20,23). The number of pyridine rings is 1. The Morgan fingerprint density at radius 1 is 1.35 bits per heavy atom. The highest BCUT2D eigenvalue weighted by Crippen LogP contribution is 2.40. The van der Waals surface area contributed by atoms with Gasteiger partial charge in [-0.2, -0.15) is 0 Å². The Morgan fingerprint density at radius 3 is 2.78 bits per heavy atom. The molecule has 2 N–H and O–H groups in total. The molecule has 0 spiro atoms. The zero-order valence-corrected chi connectivity index (χ0v) is 13.7. The molecule has 0 aliphatic heterocycles. The van der Waals surface area contributed by atoms with Gasteiger partial charge in [-0.1, -0.05) is 25.1 Å². The van der Waals surface area contributed by atoms with Crippen molar-refractivity contribution in [3.05, 3.63) is 41.6 Å². The molecule has 1 saturated carbocycles. The molecule has 122 valence electrons. The van der Waals surface area contributed by atoms with Gasteiger partial charge in [-0.05, 0) is 44.2 Å². The van der Waals surface area contributed by atoms with Crippen molar-refractivity contribution in [3.8, 4) is 0 Å². The summed E-state index contributed by atoms with van der Waals surface area (Å²) in [4.78, 5) is 17.3. The van der Waals surface area contributed by atoms with Crippen molar-refractivity contribution in [2.75, 3.05) is 6.54 Å². The highest BCUT2D eigenvalue weighted by Gasteiger charge is 2.27. The largest absolute Gasteiger partial charge is 0.393 e. The maximum atomic E-state index is 12.6. The summed E-state index contributed by atoms with van der Waals surface area (Å²) in [6, 6.07) is 9.77. The smallest absolute Gasteiger partial charge is 0.252 e. The second-order valence-electron chi connectivity index (χ2n) is 6.79. The normalized spacial score (nSPS) is 17.0. The van der Waals surface area contributed by atoms with E-state index in [2.05, 4.69) is 5.32 Å². The van der Waals surface area contributed by atoms with Crippen LogP contribution in [0.15, 0.2) is 30.3 Å². The van der Waals surface area contributed by atoms with Crippen molar-refractivity contribution in [1.82, 2.24) is 10.3 Å². The maximum absolute atomic E-state index is 12.6. The molecule has 23 heavy (non-hydrogen) atoms. The summed E-state index contributed by atoms with van der Waals surface area (Å²) in [5.74, 6) is 0.707. The highest BCUT2D eigenvalue weighted by atomic mass is 16.3. The quantitative estimate of drug-likeness (QED) is 0.860. The van der Waals surface area contributed by atoms with Gasteiger partial charge in [0.2, 0.25) is 0 Å². The molecule has 1 fully saturated rings. The van der Waals surface area contributed by atoms with Gasteiger partial charge in [0.1, 0.15) is 0 Å². The predicted octanol–water partition coefficient (Wildman–Crippen LogP) is 3.25. The molecule has 1 aliphatic rings. The molecule has 0 saturated heterocycles. The lowest BCUT2D eigenvalue weighted by atomic mass is 10.0. The Hall–Kier alpha value is -1.94. The predicted molar refractivity (Wildman–Crippen MR) is 91.5 cm³/mol. The minimum absolute atomic E-state index is 0.0528. The summed E-state index contributed by atoms with van der Waals surface area (Å²) in [6.45, 7) is 4.38. The molecule has 1 aromatic carbocycles. The van der Waals surface area contributed by atoms with Crippen molar-refractivity contribution in [2.24, 2.45) is 5.92 Å². The van der Waals surface area contributed by atoms with Gasteiger partial charge < -0.3 is 10.4 Å². The number of hydrogen-bond acceptors (Lipinski definition) is 3. The topological polar surface area (TPSA) is 62.2 Å². The third-order valence-electron chi connectivity index (χ3n) is 4.33. The molecule has 1 aliphatic carbocycles. The van der Waals surface area contributed by atoms with E-state index in [9.17, 15) is 9.90 Å². The van der Waals surface area contributed by atoms with Gasteiger partial charge in [0, 0.05) is 23.5 Å². The monoisotopic (exact) mass is 312 g/mol. The molecule has 1 aromatic heterocycles. The number of carbonyl (C=O) groups is 1. The summed E-state index contributed by atoms with van der Waals surface area (Å²) < 4.78 is 0. The Morgan fingerprint density at radius 2 is 2.09 bits per heavy atom. The lowest BCUT2D eigenvalue weighted by Crippen LogP contribution is -2.29. The zero-order valence-electron chi connectivity index (χ0n) is 13.7. The van der Waals surface area contributed by atoms with Crippen LogP contribution in [0.4, 0.5) is 0 Å². The molecule has 0 bridgehead atoms. The fraction of sp³-hybridized carbons (Fsp3) is 0.474. The molecular weight excluding hydrogens is 288 g/mol. The number of aliphatic hydroxyl groups excluding tert-OH is 1. The summed E-state index contributed by atoms with van der Waals surface area (Å²) >= 11 is 0. The van der Waals surface area contributed by atoms with Crippen LogP contribution in [0.1, 0.15) is 55.1 Å². The summed E-state index contributed by atoms with van der Waals surface area (Å²) in [7, 11) is 0. The first-order valence-electron chi connectivity index (χ1n) is 8.40. The average molecular weight is 312 g/mol. The van der Waals surface area contributed by atoms with E-state index in [1.165, 1.54) is 0 Å². The van der Waals surface area contributed by atoms with E-state index in [1.54, 1.807) is 6.92 Å². The van der Waals surface area contributed by atoms with Gasteiger partial charge in [-0.25, -0.2) is 0 Å². The van der Waals surface area contributed by atoms with Crippen molar-refractivity contribution in [3.63, 3.8) is 0 Å². The van der Waals surface area contributed by atoms with Crippen LogP contribution in [0.5, 0.6) is 0 Å².